The monoisotopic (exact) mass is 325 g/mol. The molecule has 2 N–H and O–H groups in total. The second kappa shape index (κ2) is 8.72. The van der Waals surface area contributed by atoms with Gasteiger partial charge in [0.15, 0.2) is 6.61 Å². The summed E-state index contributed by atoms with van der Waals surface area (Å²) < 4.78 is 0. The molecule has 0 bridgehead atoms. The van der Waals surface area contributed by atoms with E-state index in [1.807, 2.05) is 74.5 Å². The number of nitrogens with two attached hydrogens (primary N) is 1. The van der Waals surface area contributed by atoms with Crippen LogP contribution in [0.15, 0.2) is 65.8 Å². The fourth-order valence-electron chi connectivity index (χ4n) is 2.40. The normalized spacial score (nSPS) is 11.4. The number of oxime groups is 1. The van der Waals surface area contributed by atoms with Crippen molar-refractivity contribution in [2.45, 2.75) is 26.3 Å². The minimum absolute atomic E-state index is 0.0224. The zero-order chi connectivity index (χ0) is 17.4. The molecule has 0 aromatic heterocycles. The largest absolute Gasteiger partial charge is 0.384 e. The fourth-order valence-corrected chi connectivity index (χ4v) is 2.40. The number of amidine groups is 1. The quantitative estimate of drug-likeness (QED) is 0.483. The first kappa shape index (κ1) is 17.5. The van der Waals surface area contributed by atoms with Gasteiger partial charge in [0.25, 0.3) is 5.91 Å². The highest BCUT2D eigenvalue weighted by atomic mass is 16.6. The molecule has 2 aromatic carbocycles. The van der Waals surface area contributed by atoms with Crippen molar-refractivity contribution < 1.29 is 9.63 Å². The molecule has 24 heavy (non-hydrogen) atoms. The summed E-state index contributed by atoms with van der Waals surface area (Å²) in [6, 6.07) is 19.3. The molecule has 5 nitrogen and oxygen atoms in total. The summed E-state index contributed by atoms with van der Waals surface area (Å²) in [5.74, 6) is 0.178. The van der Waals surface area contributed by atoms with E-state index in [1.165, 1.54) is 0 Å². The average molecular weight is 325 g/mol. The Kier molecular flexibility index (Phi) is 6.37. The summed E-state index contributed by atoms with van der Waals surface area (Å²) in [4.78, 5) is 19.3. The van der Waals surface area contributed by atoms with Crippen LogP contribution in [0.25, 0.3) is 0 Å². The van der Waals surface area contributed by atoms with Crippen LogP contribution in [0.3, 0.4) is 0 Å². The summed E-state index contributed by atoms with van der Waals surface area (Å²) in [6.45, 7) is 3.76. The van der Waals surface area contributed by atoms with Crippen LogP contribution in [0.1, 0.15) is 19.4 Å². The van der Waals surface area contributed by atoms with Crippen LogP contribution in [0.2, 0.25) is 0 Å². The van der Waals surface area contributed by atoms with Gasteiger partial charge in [0.1, 0.15) is 5.84 Å². The molecule has 1 amide bonds. The number of carbonyl (C=O) groups is 1. The van der Waals surface area contributed by atoms with Gasteiger partial charge in [-0.15, -0.1) is 0 Å². The highest BCUT2D eigenvalue weighted by Gasteiger charge is 2.19. The smallest absolute Gasteiger partial charge is 0.267 e. The lowest BCUT2D eigenvalue weighted by Gasteiger charge is -2.26. The van der Waals surface area contributed by atoms with Gasteiger partial charge in [-0.3, -0.25) is 4.79 Å². The molecule has 0 aliphatic carbocycles. The first-order valence-corrected chi connectivity index (χ1v) is 7.93. The molecular formula is C19H23N3O2. The van der Waals surface area contributed by atoms with E-state index in [1.54, 1.807) is 4.90 Å². The third kappa shape index (κ3) is 5.12. The van der Waals surface area contributed by atoms with Gasteiger partial charge in [0.05, 0.1) is 0 Å². The van der Waals surface area contributed by atoms with Crippen molar-refractivity contribution in [3.63, 3.8) is 0 Å². The molecule has 0 saturated carbocycles. The molecule has 0 fully saturated rings. The number of benzene rings is 2. The van der Waals surface area contributed by atoms with E-state index in [0.717, 1.165) is 11.3 Å². The zero-order valence-corrected chi connectivity index (χ0v) is 14.1. The van der Waals surface area contributed by atoms with Crippen molar-refractivity contribution in [3.05, 3.63) is 66.2 Å². The Morgan fingerprint density at radius 2 is 1.67 bits per heavy atom. The SMILES string of the molecule is CC(C)N(C(=O)CON=C(N)Cc1ccccc1)c1ccccc1. The number of hydrogen-bond acceptors (Lipinski definition) is 3. The van der Waals surface area contributed by atoms with Crippen LogP contribution in [0.4, 0.5) is 5.69 Å². The number of anilines is 1. The highest BCUT2D eigenvalue weighted by molar-refractivity contribution is 5.94. The molecule has 0 unspecified atom stereocenters. The summed E-state index contributed by atoms with van der Waals surface area (Å²) in [6.07, 6.45) is 0.488. The third-order valence-electron chi connectivity index (χ3n) is 3.42. The average Bonchev–Trinajstić information content (AvgIpc) is 2.56. The predicted molar refractivity (Wildman–Crippen MR) is 96.8 cm³/mol. The maximum atomic E-state index is 12.4. The van der Waals surface area contributed by atoms with Crippen molar-refractivity contribution in [2.75, 3.05) is 11.5 Å². The van der Waals surface area contributed by atoms with Crippen LogP contribution in [-0.2, 0) is 16.1 Å². The Morgan fingerprint density at radius 3 is 2.25 bits per heavy atom. The van der Waals surface area contributed by atoms with Gasteiger partial charge in [-0.1, -0.05) is 53.7 Å². The Balaban J connectivity index is 1.92. The van der Waals surface area contributed by atoms with Crippen LogP contribution in [0, 0.1) is 0 Å². The molecule has 2 aromatic rings. The fraction of sp³-hybridized carbons (Fsp3) is 0.263. The molecule has 2 rings (SSSR count). The highest BCUT2D eigenvalue weighted by Crippen LogP contribution is 2.16. The Labute approximate surface area is 142 Å². The van der Waals surface area contributed by atoms with E-state index in [2.05, 4.69) is 5.16 Å². The minimum atomic E-state index is -0.160. The summed E-state index contributed by atoms with van der Waals surface area (Å²) in [5.41, 5.74) is 7.72. The van der Waals surface area contributed by atoms with Crippen molar-refractivity contribution in [1.82, 2.24) is 0 Å². The number of carbonyl (C=O) groups excluding carboxylic acids is 1. The summed E-state index contributed by atoms with van der Waals surface area (Å²) >= 11 is 0. The van der Waals surface area contributed by atoms with Gasteiger partial charge in [-0.2, -0.15) is 0 Å². The van der Waals surface area contributed by atoms with E-state index in [0.29, 0.717) is 12.3 Å². The Hall–Kier alpha value is -2.82. The molecule has 0 aliphatic rings. The van der Waals surface area contributed by atoms with E-state index in [4.69, 9.17) is 10.6 Å². The molecule has 0 aliphatic heterocycles. The van der Waals surface area contributed by atoms with E-state index in [-0.39, 0.29) is 18.6 Å². The molecule has 0 radical (unpaired) electrons. The molecule has 0 saturated heterocycles. The van der Waals surface area contributed by atoms with Crippen molar-refractivity contribution >= 4 is 17.4 Å². The third-order valence-corrected chi connectivity index (χ3v) is 3.42. The molecular weight excluding hydrogens is 302 g/mol. The van der Waals surface area contributed by atoms with E-state index < -0.39 is 0 Å². The van der Waals surface area contributed by atoms with Crippen molar-refractivity contribution in [2.24, 2.45) is 10.9 Å². The van der Waals surface area contributed by atoms with Gasteiger partial charge < -0.3 is 15.5 Å². The van der Waals surface area contributed by atoms with E-state index >= 15 is 0 Å². The lowest BCUT2D eigenvalue weighted by atomic mass is 10.1. The number of amides is 1. The van der Waals surface area contributed by atoms with Crippen LogP contribution >= 0.6 is 0 Å². The van der Waals surface area contributed by atoms with Gasteiger partial charge >= 0.3 is 0 Å². The number of rotatable bonds is 7. The summed E-state index contributed by atoms with van der Waals surface area (Å²) in [7, 11) is 0. The number of para-hydroxylation sites is 1. The van der Waals surface area contributed by atoms with E-state index in [9.17, 15) is 4.79 Å². The Morgan fingerprint density at radius 1 is 1.08 bits per heavy atom. The molecule has 0 atom stereocenters. The molecule has 0 heterocycles. The van der Waals surface area contributed by atoms with Crippen molar-refractivity contribution in [3.8, 4) is 0 Å². The molecule has 126 valence electrons. The first-order chi connectivity index (χ1) is 11.6. The lowest BCUT2D eigenvalue weighted by Crippen LogP contribution is -2.39. The first-order valence-electron chi connectivity index (χ1n) is 7.93. The zero-order valence-electron chi connectivity index (χ0n) is 14.1. The van der Waals surface area contributed by atoms with Gasteiger partial charge in [-0.25, -0.2) is 0 Å². The molecule has 5 heteroatoms. The lowest BCUT2D eigenvalue weighted by molar-refractivity contribution is -0.123. The van der Waals surface area contributed by atoms with Crippen LogP contribution < -0.4 is 10.6 Å². The topological polar surface area (TPSA) is 67.9 Å². The van der Waals surface area contributed by atoms with Gasteiger partial charge in [-0.05, 0) is 31.5 Å². The maximum absolute atomic E-state index is 12.4. The Bertz CT molecular complexity index is 670. The number of nitrogens with zero attached hydrogens (tertiary/aromatic N) is 2. The minimum Gasteiger partial charge on any atom is -0.384 e. The van der Waals surface area contributed by atoms with Crippen LogP contribution in [-0.4, -0.2) is 24.4 Å². The maximum Gasteiger partial charge on any atom is 0.267 e. The second-order valence-corrected chi connectivity index (χ2v) is 5.71. The van der Waals surface area contributed by atoms with Gasteiger partial charge in [0.2, 0.25) is 0 Å². The standard InChI is InChI=1S/C19H23N3O2/c1-15(2)22(17-11-7-4-8-12-17)19(23)14-24-21-18(20)13-16-9-5-3-6-10-16/h3-12,15H,13-14H2,1-2H3,(H2,20,21). The van der Waals surface area contributed by atoms with Crippen LogP contribution in [0.5, 0.6) is 0 Å². The second-order valence-electron chi connectivity index (χ2n) is 5.71. The summed E-state index contributed by atoms with van der Waals surface area (Å²) in [5, 5.41) is 3.84. The molecule has 0 spiro atoms. The van der Waals surface area contributed by atoms with Gasteiger partial charge in [0, 0.05) is 18.2 Å². The van der Waals surface area contributed by atoms with Crippen molar-refractivity contribution in [1.29, 1.82) is 0 Å². The predicted octanol–water partition coefficient (Wildman–Crippen LogP) is 2.96. The number of hydrogen-bond donors (Lipinski definition) is 1.